The zero-order valence-electron chi connectivity index (χ0n) is 12.5. The van der Waals surface area contributed by atoms with Crippen LogP contribution in [0.2, 0.25) is 0 Å². The number of methoxy groups -OCH3 is 1. The summed E-state index contributed by atoms with van der Waals surface area (Å²) < 4.78 is 11.9. The Hall–Kier alpha value is -1.80. The molecular formula is C14H17BrN4O2S. The van der Waals surface area contributed by atoms with E-state index in [4.69, 9.17) is 15.2 Å². The van der Waals surface area contributed by atoms with E-state index in [-0.39, 0.29) is 6.10 Å². The van der Waals surface area contributed by atoms with Gasteiger partial charge >= 0.3 is 0 Å². The predicted octanol–water partition coefficient (Wildman–Crippen LogP) is 3.73. The Bertz CT molecular complexity index is 673. The largest absolute Gasteiger partial charge is 0.493 e. The molecule has 2 rings (SSSR count). The highest BCUT2D eigenvalue weighted by Crippen LogP contribution is 2.33. The number of aromatic nitrogens is 1. The quantitative estimate of drug-likeness (QED) is 0.585. The van der Waals surface area contributed by atoms with Crippen LogP contribution in [0.25, 0.3) is 0 Å². The standard InChI is InChI=1S/C14H17BrN4O2S/c1-8(2)21-12-5-10(15)9(4-11(12)20-3)6-17-19-14-18-13(16)7-22-14/h4-8H,16H2,1-3H3,(H,18,19). The highest BCUT2D eigenvalue weighted by molar-refractivity contribution is 9.10. The first-order chi connectivity index (χ1) is 10.5. The first kappa shape index (κ1) is 16.6. The number of nitrogens with two attached hydrogens (primary N) is 1. The number of nitrogens with one attached hydrogen (secondary N) is 1. The van der Waals surface area contributed by atoms with E-state index in [1.54, 1.807) is 18.7 Å². The van der Waals surface area contributed by atoms with E-state index in [0.717, 1.165) is 10.0 Å². The number of halogens is 1. The topological polar surface area (TPSA) is 81.8 Å². The fourth-order valence-corrected chi connectivity index (χ4v) is 2.62. The molecule has 0 unspecified atom stereocenters. The summed E-state index contributed by atoms with van der Waals surface area (Å²) in [5, 5.41) is 6.52. The van der Waals surface area contributed by atoms with E-state index >= 15 is 0 Å². The third-order valence-electron chi connectivity index (χ3n) is 2.53. The second-order valence-corrected chi connectivity index (χ2v) is 6.35. The predicted molar refractivity (Wildman–Crippen MR) is 94.2 cm³/mol. The van der Waals surface area contributed by atoms with Gasteiger partial charge in [-0.3, -0.25) is 5.43 Å². The summed E-state index contributed by atoms with van der Waals surface area (Å²) in [6.45, 7) is 3.93. The van der Waals surface area contributed by atoms with Crippen LogP contribution in [0.15, 0.2) is 27.1 Å². The summed E-state index contributed by atoms with van der Waals surface area (Å²) in [5.74, 6) is 1.81. The van der Waals surface area contributed by atoms with Crippen molar-refractivity contribution in [2.45, 2.75) is 20.0 Å². The Kier molecular flexibility index (Phi) is 5.62. The van der Waals surface area contributed by atoms with Crippen LogP contribution in [0.4, 0.5) is 10.9 Å². The third kappa shape index (κ3) is 4.35. The number of hydrogen-bond donors (Lipinski definition) is 2. The van der Waals surface area contributed by atoms with Gasteiger partial charge in [0.1, 0.15) is 5.82 Å². The molecule has 0 radical (unpaired) electrons. The molecule has 1 aromatic heterocycles. The molecule has 6 nitrogen and oxygen atoms in total. The van der Waals surface area contributed by atoms with Gasteiger partial charge in [0, 0.05) is 15.4 Å². The fourth-order valence-electron chi connectivity index (χ4n) is 1.65. The molecule has 8 heteroatoms. The second-order valence-electron chi connectivity index (χ2n) is 4.64. The summed E-state index contributed by atoms with van der Waals surface area (Å²) >= 11 is 4.89. The average Bonchev–Trinajstić information content (AvgIpc) is 2.86. The van der Waals surface area contributed by atoms with Gasteiger partial charge in [0.05, 0.1) is 19.4 Å². The SMILES string of the molecule is COc1cc(C=NNc2nc(N)cs2)c(Br)cc1OC(C)C. The maximum atomic E-state index is 5.71. The van der Waals surface area contributed by atoms with Gasteiger partial charge in [-0.1, -0.05) is 0 Å². The molecular weight excluding hydrogens is 368 g/mol. The zero-order chi connectivity index (χ0) is 16.1. The Morgan fingerprint density at radius 2 is 2.18 bits per heavy atom. The fraction of sp³-hybridized carbons (Fsp3) is 0.286. The van der Waals surface area contributed by atoms with Crippen molar-refractivity contribution in [3.63, 3.8) is 0 Å². The Balaban J connectivity index is 2.16. The van der Waals surface area contributed by atoms with Gasteiger partial charge in [0.15, 0.2) is 11.5 Å². The molecule has 2 aromatic rings. The third-order valence-corrected chi connectivity index (χ3v) is 3.98. The lowest BCUT2D eigenvalue weighted by atomic mass is 10.2. The van der Waals surface area contributed by atoms with Gasteiger partial charge in [0.2, 0.25) is 5.13 Å². The Labute approximate surface area is 141 Å². The van der Waals surface area contributed by atoms with Crippen molar-refractivity contribution in [3.8, 4) is 11.5 Å². The normalized spacial score (nSPS) is 11.1. The minimum atomic E-state index is 0.0670. The number of nitrogen functional groups attached to an aromatic ring is 1. The van der Waals surface area contributed by atoms with Crippen LogP contribution in [-0.4, -0.2) is 24.4 Å². The van der Waals surface area contributed by atoms with Crippen LogP contribution < -0.4 is 20.6 Å². The van der Waals surface area contributed by atoms with E-state index < -0.39 is 0 Å². The van der Waals surface area contributed by atoms with Crippen molar-refractivity contribution in [1.82, 2.24) is 4.98 Å². The van der Waals surface area contributed by atoms with Crippen molar-refractivity contribution >= 4 is 44.4 Å². The average molecular weight is 385 g/mol. The van der Waals surface area contributed by atoms with Gasteiger partial charge in [-0.15, -0.1) is 11.3 Å². The van der Waals surface area contributed by atoms with Crippen molar-refractivity contribution in [2.24, 2.45) is 5.10 Å². The maximum Gasteiger partial charge on any atom is 0.205 e. The first-order valence-electron chi connectivity index (χ1n) is 6.54. The Morgan fingerprint density at radius 3 is 2.77 bits per heavy atom. The summed E-state index contributed by atoms with van der Waals surface area (Å²) in [5.41, 5.74) is 9.23. The minimum absolute atomic E-state index is 0.0670. The van der Waals surface area contributed by atoms with Gasteiger partial charge < -0.3 is 15.2 Å². The van der Waals surface area contributed by atoms with Crippen LogP contribution in [-0.2, 0) is 0 Å². The van der Waals surface area contributed by atoms with E-state index in [1.165, 1.54) is 11.3 Å². The number of thiazole rings is 1. The van der Waals surface area contributed by atoms with Gasteiger partial charge in [-0.05, 0) is 41.9 Å². The molecule has 3 N–H and O–H groups in total. The summed E-state index contributed by atoms with van der Waals surface area (Å²) in [7, 11) is 1.61. The molecule has 1 heterocycles. The number of benzene rings is 1. The zero-order valence-corrected chi connectivity index (χ0v) is 14.9. The molecule has 0 aliphatic heterocycles. The highest BCUT2D eigenvalue weighted by atomic mass is 79.9. The number of nitrogens with zero attached hydrogens (tertiary/aromatic N) is 2. The maximum absolute atomic E-state index is 5.71. The number of ether oxygens (including phenoxy) is 2. The summed E-state index contributed by atoms with van der Waals surface area (Å²) in [4.78, 5) is 4.06. The molecule has 0 atom stereocenters. The van der Waals surface area contributed by atoms with Crippen LogP contribution in [0.3, 0.4) is 0 Å². The minimum Gasteiger partial charge on any atom is -0.493 e. The van der Waals surface area contributed by atoms with E-state index in [0.29, 0.717) is 22.4 Å². The number of hydrogen-bond acceptors (Lipinski definition) is 7. The smallest absolute Gasteiger partial charge is 0.205 e. The van der Waals surface area contributed by atoms with Crippen molar-refractivity contribution in [2.75, 3.05) is 18.3 Å². The number of rotatable bonds is 6. The van der Waals surface area contributed by atoms with Gasteiger partial charge in [0.25, 0.3) is 0 Å². The monoisotopic (exact) mass is 384 g/mol. The van der Waals surface area contributed by atoms with Crippen molar-refractivity contribution < 1.29 is 9.47 Å². The molecule has 0 fully saturated rings. The first-order valence-corrected chi connectivity index (χ1v) is 8.21. The van der Waals surface area contributed by atoms with Crippen LogP contribution in [0.5, 0.6) is 11.5 Å². The molecule has 118 valence electrons. The lowest BCUT2D eigenvalue weighted by molar-refractivity contribution is 0.230. The molecule has 0 bridgehead atoms. The molecule has 1 aromatic carbocycles. The molecule has 0 aliphatic carbocycles. The summed E-state index contributed by atoms with van der Waals surface area (Å²) in [6.07, 6.45) is 1.74. The van der Waals surface area contributed by atoms with Crippen LogP contribution in [0, 0.1) is 0 Å². The lowest BCUT2D eigenvalue weighted by Crippen LogP contribution is -2.07. The molecule has 0 saturated heterocycles. The molecule has 0 spiro atoms. The van der Waals surface area contributed by atoms with E-state index in [9.17, 15) is 0 Å². The van der Waals surface area contributed by atoms with Crippen LogP contribution in [0.1, 0.15) is 19.4 Å². The van der Waals surface area contributed by atoms with Crippen molar-refractivity contribution in [3.05, 3.63) is 27.5 Å². The number of anilines is 2. The molecule has 0 aliphatic rings. The van der Waals surface area contributed by atoms with Crippen molar-refractivity contribution in [1.29, 1.82) is 0 Å². The lowest BCUT2D eigenvalue weighted by Gasteiger charge is -2.14. The van der Waals surface area contributed by atoms with Gasteiger partial charge in [-0.25, -0.2) is 4.98 Å². The van der Waals surface area contributed by atoms with Gasteiger partial charge in [-0.2, -0.15) is 5.10 Å². The molecule has 0 amide bonds. The molecule has 22 heavy (non-hydrogen) atoms. The number of hydrazone groups is 1. The molecule has 0 saturated carbocycles. The Morgan fingerprint density at radius 1 is 1.41 bits per heavy atom. The van der Waals surface area contributed by atoms with E-state index in [2.05, 4.69) is 31.4 Å². The second kappa shape index (κ2) is 7.46. The highest BCUT2D eigenvalue weighted by Gasteiger charge is 2.10. The van der Waals surface area contributed by atoms with E-state index in [1.807, 2.05) is 26.0 Å². The summed E-state index contributed by atoms with van der Waals surface area (Å²) in [6, 6.07) is 3.71. The van der Waals surface area contributed by atoms with Crippen LogP contribution >= 0.6 is 27.3 Å².